The minimum atomic E-state index is 0.00130. The SMILES string of the molecule is NC(c1cc(Cl)cc(Cl)c1)C1CC1c1ccccc1. The summed E-state index contributed by atoms with van der Waals surface area (Å²) >= 11 is 12.1. The van der Waals surface area contributed by atoms with Crippen molar-refractivity contribution in [3.63, 3.8) is 0 Å². The van der Waals surface area contributed by atoms with E-state index in [1.54, 1.807) is 6.07 Å². The van der Waals surface area contributed by atoms with Crippen LogP contribution in [0.5, 0.6) is 0 Å². The van der Waals surface area contributed by atoms with E-state index in [0.29, 0.717) is 21.9 Å². The van der Waals surface area contributed by atoms with Gasteiger partial charge in [0, 0.05) is 16.1 Å². The molecule has 2 aromatic carbocycles. The van der Waals surface area contributed by atoms with E-state index in [0.717, 1.165) is 12.0 Å². The molecule has 0 aromatic heterocycles. The van der Waals surface area contributed by atoms with Gasteiger partial charge in [0.05, 0.1) is 0 Å². The summed E-state index contributed by atoms with van der Waals surface area (Å²) in [6.45, 7) is 0. The summed E-state index contributed by atoms with van der Waals surface area (Å²) in [6.07, 6.45) is 1.13. The van der Waals surface area contributed by atoms with Crippen molar-refractivity contribution < 1.29 is 0 Å². The predicted octanol–water partition coefficient (Wildman–Crippen LogP) is 4.80. The van der Waals surface area contributed by atoms with Gasteiger partial charge in [0.25, 0.3) is 0 Å². The van der Waals surface area contributed by atoms with Crippen LogP contribution in [0, 0.1) is 5.92 Å². The van der Waals surface area contributed by atoms with Crippen LogP contribution in [0.25, 0.3) is 0 Å². The second-order valence-electron chi connectivity index (χ2n) is 5.15. The number of halogens is 2. The summed E-state index contributed by atoms with van der Waals surface area (Å²) < 4.78 is 0. The first-order valence-electron chi connectivity index (χ1n) is 6.41. The molecule has 3 unspecified atom stereocenters. The molecule has 3 rings (SSSR count). The molecule has 1 aliphatic rings. The van der Waals surface area contributed by atoms with Gasteiger partial charge in [-0.2, -0.15) is 0 Å². The summed E-state index contributed by atoms with van der Waals surface area (Å²) in [5.41, 5.74) is 8.75. The van der Waals surface area contributed by atoms with E-state index < -0.39 is 0 Å². The highest BCUT2D eigenvalue weighted by molar-refractivity contribution is 6.34. The van der Waals surface area contributed by atoms with Crippen molar-refractivity contribution in [2.45, 2.75) is 18.4 Å². The molecule has 1 saturated carbocycles. The molecular weight excluding hydrogens is 277 g/mol. The molecule has 3 atom stereocenters. The van der Waals surface area contributed by atoms with Crippen molar-refractivity contribution in [3.05, 3.63) is 69.7 Å². The molecular formula is C16H15Cl2N. The highest BCUT2D eigenvalue weighted by Crippen LogP contribution is 2.53. The third-order valence-electron chi connectivity index (χ3n) is 3.80. The lowest BCUT2D eigenvalue weighted by atomic mass is 10.00. The smallest absolute Gasteiger partial charge is 0.0424 e. The average Bonchev–Trinajstić information content (AvgIpc) is 3.18. The highest BCUT2D eigenvalue weighted by atomic mass is 35.5. The summed E-state index contributed by atoms with van der Waals surface area (Å²) in [6, 6.07) is 16.1. The second kappa shape index (κ2) is 5.16. The average molecular weight is 292 g/mol. The summed E-state index contributed by atoms with van der Waals surface area (Å²) in [7, 11) is 0. The van der Waals surface area contributed by atoms with Gasteiger partial charge >= 0.3 is 0 Å². The molecule has 0 radical (unpaired) electrons. The van der Waals surface area contributed by atoms with Crippen LogP contribution < -0.4 is 5.73 Å². The van der Waals surface area contributed by atoms with Crippen molar-refractivity contribution in [3.8, 4) is 0 Å². The Kier molecular flexibility index (Phi) is 3.53. The van der Waals surface area contributed by atoms with E-state index in [4.69, 9.17) is 28.9 Å². The van der Waals surface area contributed by atoms with Crippen LogP contribution in [-0.4, -0.2) is 0 Å². The van der Waals surface area contributed by atoms with Gasteiger partial charge in [0.1, 0.15) is 0 Å². The van der Waals surface area contributed by atoms with Gasteiger partial charge < -0.3 is 5.73 Å². The van der Waals surface area contributed by atoms with Gasteiger partial charge in [0.15, 0.2) is 0 Å². The quantitative estimate of drug-likeness (QED) is 0.864. The third-order valence-corrected chi connectivity index (χ3v) is 4.24. The van der Waals surface area contributed by atoms with Crippen molar-refractivity contribution in [1.29, 1.82) is 0 Å². The van der Waals surface area contributed by atoms with Gasteiger partial charge in [-0.1, -0.05) is 53.5 Å². The van der Waals surface area contributed by atoms with Crippen molar-refractivity contribution >= 4 is 23.2 Å². The molecule has 1 aliphatic carbocycles. The van der Waals surface area contributed by atoms with Crippen LogP contribution in [0.3, 0.4) is 0 Å². The molecule has 1 nitrogen and oxygen atoms in total. The molecule has 0 saturated heterocycles. The Hall–Kier alpha value is -1.02. The Labute approximate surface area is 123 Å². The fourth-order valence-corrected chi connectivity index (χ4v) is 3.25. The van der Waals surface area contributed by atoms with Crippen LogP contribution >= 0.6 is 23.2 Å². The molecule has 2 aromatic rings. The lowest BCUT2D eigenvalue weighted by Crippen LogP contribution is -2.13. The number of rotatable bonds is 3. The van der Waals surface area contributed by atoms with Gasteiger partial charge in [-0.15, -0.1) is 0 Å². The van der Waals surface area contributed by atoms with Crippen LogP contribution in [-0.2, 0) is 0 Å². The topological polar surface area (TPSA) is 26.0 Å². The maximum Gasteiger partial charge on any atom is 0.0424 e. The van der Waals surface area contributed by atoms with E-state index in [9.17, 15) is 0 Å². The van der Waals surface area contributed by atoms with Crippen LogP contribution in [0.4, 0.5) is 0 Å². The zero-order chi connectivity index (χ0) is 13.4. The van der Waals surface area contributed by atoms with Crippen LogP contribution in [0.15, 0.2) is 48.5 Å². The van der Waals surface area contributed by atoms with Crippen LogP contribution in [0.2, 0.25) is 10.0 Å². The van der Waals surface area contributed by atoms with E-state index >= 15 is 0 Å². The minimum Gasteiger partial charge on any atom is -0.324 e. The van der Waals surface area contributed by atoms with Crippen molar-refractivity contribution in [2.24, 2.45) is 11.7 Å². The molecule has 0 aliphatic heterocycles. The van der Waals surface area contributed by atoms with Gasteiger partial charge in [-0.3, -0.25) is 0 Å². The largest absolute Gasteiger partial charge is 0.324 e. The summed E-state index contributed by atoms with van der Waals surface area (Å²) in [4.78, 5) is 0. The van der Waals surface area contributed by atoms with Gasteiger partial charge in [-0.25, -0.2) is 0 Å². The van der Waals surface area contributed by atoms with E-state index in [1.807, 2.05) is 18.2 Å². The first-order chi connectivity index (χ1) is 9.15. The molecule has 0 amide bonds. The minimum absolute atomic E-state index is 0.00130. The molecule has 0 spiro atoms. The number of hydrogen-bond donors (Lipinski definition) is 1. The van der Waals surface area contributed by atoms with E-state index in [1.165, 1.54) is 5.56 Å². The Balaban J connectivity index is 1.78. The third kappa shape index (κ3) is 2.79. The standard InChI is InChI=1S/C16H15Cl2N/c17-12-6-11(7-13(18)8-12)16(19)15-9-14(15)10-4-2-1-3-5-10/h1-8,14-16H,9,19H2. The maximum absolute atomic E-state index is 6.35. The first-order valence-corrected chi connectivity index (χ1v) is 7.17. The Morgan fingerprint density at radius 3 is 2.26 bits per heavy atom. The van der Waals surface area contributed by atoms with Crippen LogP contribution in [0.1, 0.15) is 29.5 Å². The maximum atomic E-state index is 6.35. The summed E-state index contributed by atoms with van der Waals surface area (Å²) in [5, 5.41) is 1.30. The Morgan fingerprint density at radius 1 is 1.00 bits per heavy atom. The zero-order valence-corrected chi connectivity index (χ0v) is 11.9. The predicted molar refractivity (Wildman–Crippen MR) is 80.7 cm³/mol. The Bertz CT molecular complexity index is 562. The van der Waals surface area contributed by atoms with Gasteiger partial charge in [-0.05, 0) is 47.6 Å². The molecule has 2 N–H and O–H groups in total. The molecule has 1 fully saturated rings. The monoisotopic (exact) mass is 291 g/mol. The number of hydrogen-bond acceptors (Lipinski definition) is 1. The fourth-order valence-electron chi connectivity index (χ4n) is 2.71. The lowest BCUT2D eigenvalue weighted by molar-refractivity contribution is 0.616. The molecule has 19 heavy (non-hydrogen) atoms. The zero-order valence-electron chi connectivity index (χ0n) is 10.4. The lowest BCUT2D eigenvalue weighted by Gasteiger charge is -2.13. The summed E-state index contributed by atoms with van der Waals surface area (Å²) in [5.74, 6) is 1.05. The number of benzene rings is 2. The van der Waals surface area contributed by atoms with Crippen molar-refractivity contribution in [2.75, 3.05) is 0 Å². The molecule has 0 bridgehead atoms. The van der Waals surface area contributed by atoms with Gasteiger partial charge in [0.2, 0.25) is 0 Å². The Morgan fingerprint density at radius 2 is 1.63 bits per heavy atom. The van der Waals surface area contributed by atoms with E-state index in [-0.39, 0.29) is 6.04 Å². The second-order valence-corrected chi connectivity index (χ2v) is 6.02. The van der Waals surface area contributed by atoms with E-state index in [2.05, 4.69) is 24.3 Å². The molecule has 98 valence electrons. The first kappa shape index (κ1) is 13.0. The number of nitrogens with two attached hydrogens (primary N) is 1. The molecule has 3 heteroatoms. The normalized spacial score (nSPS) is 23.1. The fraction of sp³-hybridized carbons (Fsp3) is 0.250. The molecule has 0 heterocycles. The highest BCUT2D eigenvalue weighted by Gasteiger charge is 2.42. The van der Waals surface area contributed by atoms with Crippen molar-refractivity contribution in [1.82, 2.24) is 0 Å².